The van der Waals surface area contributed by atoms with Crippen LogP contribution in [0, 0.1) is 24.4 Å². The van der Waals surface area contributed by atoms with Crippen molar-refractivity contribution in [2.45, 2.75) is 19.9 Å². The molecule has 1 unspecified atom stereocenters. The van der Waals surface area contributed by atoms with Crippen LogP contribution in [0.1, 0.15) is 29.7 Å². The molecule has 0 amide bonds. The van der Waals surface area contributed by atoms with Crippen LogP contribution >= 0.6 is 0 Å². The number of rotatable bonds is 4. The number of aromatic nitrogens is 1. The summed E-state index contributed by atoms with van der Waals surface area (Å²) in [6, 6.07) is 3.45. The van der Waals surface area contributed by atoms with Crippen LogP contribution in [0.4, 0.5) is 13.2 Å². The normalized spacial score (nSPS) is 12.4. The van der Waals surface area contributed by atoms with E-state index in [0.717, 1.165) is 11.6 Å². The van der Waals surface area contributed by atoms with Gasteiger partial charge in [0.2, 0.25) is 0 Å². The average molecular weight is 280 g/mol. The van der Waals surface area contributed by atoms with Crippen molar-refractivity contribution in [3.63, 3.8) is 0 Å². The molecule has 0 spiro atoms. The van der Waals surface area contributed by atoms with E-state index in [1.807, 2.05) is 19.9 Å². The van der Waals surface area contributed by atoms with Crippen molar-refractivity contribution in [2.24, 2.45) is 0 Å². The third kappa shape index (κ3) is 2.82. The van der Waals surface area contributed by atoms with Crippen molar-refractivity contribution >= 4 is 0 Å². The SMILES string of the molecule is CCNC(c1cncc(C)c1)c1ccc(F)c(F)c1F. The van der Waals surface area contributed by atoms with Gasteiger partial charge >= 0.3 is 0 Å². The molecule has 2 nitrogen and oxygen atoms in total. The summed E-state index contributed by atoms with van der Waals surface area (Å²) in [6.07, 6.45) is 3.26. The maximum Gasteiger partial charge on any atom is 0.194 e. The Kier molecular flexibility index (Phi) is 4.39. The first-order chi connectivity index (χ1) is 9.54. The van der Waals surface area contributed by atoms with Crippen LogP contribution < -0.4 is 5.32 Å². The van der Waals surface area contributed by atoms with Crippen molar-refractivity contribution in [3.8, 4) is 0 Å². The Morgan fingerprint density at radius 1 is 1.15 bits per heavy atom. The average Bonchev–Trinajstić information content (AvgIpc) is 2.43. The molecule has 5 heteroatoms. The lowest BCUT2D eigenvalue weighted by atomic mass is 9.98. The van der Waals surface area contributed by atoms with Crippen LogP contribution in [0.3, 0.4) is 0 Å². The van der Waals surface area contributed by atoms with E-state index in [1.54, 1.807) is 12.4 Å². The quantitative estimate of drug-likeness (QED) is 0.867. The molecular weight excluding hydrogens is 265 g/mol. The van der Waals surface area contributed by atoms with Crippen LogP contribution in [0.2, 0.25) is 0 Å². The van der Waals surface area contributed by atoms with Gasteiger partial charge in [-0.3, -0.25) is 4.98 Å². The first-order valence-corrected chi connectivity index (χ1v) is 6.33. The maximum absolute atomic E-state index is 13.9. The molecule has 2 rings (SSSR count). The monoisotopic (exact) mass is 280 g/mol. The van der Waals surface area contributed by atoms with Gasteiger partial charge in [-0.1, -0.05) is 19.1 Å². The Balaban J connectivity index is 2.51. The predicted octanol–water partition coefficient (Wildman–Crippen LogP) is 3.51. The minimum atomic E-state index is -1.45. The predicted molar refractivity (Wildman–Crippen MR) is 70.8 cm³/mol. The van der Waals surface area contributed by atoms with E-state index < -0.39 is 23.5 Å². The maximum atomic E-state index is 13.9. The van der Waals surface area contributed by atoms with Gasteiger partial charge in [-0.2, -0.15) is 0 Å². The molecule has 20 heavy (non-hydrogen) atoms. The first kappa shape index (κ1) is 14.5. The smallest absolute Gasteiger partial charge is 0.194 e. The molecule has 0 fully saturated rings. The van der Waals surface area contributed by atoms with Gasteiger partial charge in [0.1, 0.15) is 0 Å². The van der Waals surface area contributed by atoms with E-state index >= 15 is 0 Å². The molecule has 0 bridgehead atoms. The Morgan fingerprint density at radius 2 is 1.90 bits per heavy atom. The molecule has 1 N–H and O–H groups in total. The Hall–Kier alpha value is -1.88. The summed E-state index contributed by atoms with van der Waals surface area (Å²) in [5, 5.41) is 3.06. The number of nitrogens with zero attached hydrogens (tertiary/aromatic N) is 1. The Labute approximate surface area is 115 Å². The number of hydrogen-bond donors (Lipinski definition) is 1. The van der Waals surface area contributed by atoms with Gasteiger partial charge in [0.15, 0.2) is 17.5 Å². The highest BCUT2D eigenvalue weighted by atomic mass is 19.2. The summed E-state index contributed by atoms with van der Waals surface area (Å²) < 4.78 is 40.4. The van der Waals surface area contributed by atoms with Gasteiger partial charge in [0, 0.05) is 18.0 Å². The van der Waals surface area contributed by atoms with Crippen LogP contribution in [-0.4, -0.2) is 11.5 Å². The fourth-order valence-electron chi connectivity index (χ4n) is 2.11. The third-order valence-corrected chi connectivity index (χ3v) is 3.01. The van der Waals surface area contributed by atoms with Crippen LogP contribution in [0.25, 0.3) is 0 Å². The van der Waals surface area contributed by atoms with Crippen molar-refractivity contribution in [3.05, 3.63) is 64.7 Å². The molecular formula is C15H15F3N2. The highest BCUT2D eigenvalue weighted by molar-refractivity contribution is 5.33. The summed E-state index contributed by atoms with van der Waals surface area (Å²) in [6.45, 7) is 4.27. The molecule has 0 aliphatic heterocycles. The lowest BCUT2D eigenvalue weighted by Crippen LogP contribution is -2.23. The van der Waals surface area contributed by atoms with E-state index in [-0.39, 0.29) is 5.56 Å². The second kappa shape index (κ2) is 6.05. The summed E-state index contributed by atoms with van der Waals surface area (Å²) >= 11 is 0. The van der Waals surface area contributed by atoms with Gasteiger partial charge in [0.25, 0.3) is 0 Å². The summed E-state index contributed by atoms with van der Waals surface area (Å²) in [5.41, 5.74) is 1.68. The zero-order valence-electron chi connectivity index (χ0n) is 11.3. The number of pyridine rings is 1. The Bertz CT molecular complexity index is 614. The number of aryl methyl sites for hydroxylation is 1. The minimum Gasteiger partial charge on any atom is -0.306 e. The second-order valence-electron chi connectivity index (χ2n) is 4.55. The van der Waals surface area contributed by atoms with Crippen molar-refractivity contribution < 1.29 is 13.2 Å². The van der Waals surface area contributed by atoms with Gasteiger partial charge in [-0.15, -0.1) is 0 Å². The van der Waals surface area contributed by atoms with Gasteiger partial charge in [-0.25, -0.2) is 13.2 Å². The van der Waals surface area contributed by atoms with E-state index in [0.29, 0.717) is 12.1 Å². The molecule has 1 aromatic heterocycles. The number of halogens is 3. The zero-order chi connectivity index (χ0) is 14.7. The largest absolute Gasteiger partial charge is 0.306 e. The molecule has 0 radical (unpaired) electrons. The number of nitrogens with one attached hydrogen (secondary N) is 1. The lowest BCUT2D eigenvalue weighted by molar-refractivity contribution is 0.433. The first-order valence-electron chi connectivity index (χ1n) is 6.33. The van der Waals surface area contributed by atoms with E-state index in [4.69, 9.17) is 0 Å². The second-order valence-corrected chi connectivity index (χ2v) is 4.55. The van der Waals surface area contributed by atoms with E-state index in [2.05, 4.69) is 10.3 Å². The van der Waals surface area contributed by atoms with E-state index in [1.165, 1.54) is 6.07 Å². The Morgan fingerprint density at radius 3 is 2.55 bits per heavy atom. The highest BCUT2D eigenvalue weighted by Gasteiger charge is 2.22. The van der Waals surface area contributed by atoms with Gasteiger partial charge in [-0.05, 0) is 30.7 Å². The molecule has 0 saturated heterocycles. The molecule has 0 aliphatic rings. The number of hydrogen-bond acceptors (Lipinski definition) is 2. The molecule has 0 saturated carbocycles. The minimum absolute atomic E-state index is 0.0677. The fourth-order valence-corrected chi connectivity index (χ4v) is 2.11. The van der Waals surface area contributed by atoms with Crippen molar-refractivity contribution in [1.82, 2.24) is 10.3 Å². The lowest BCUT2D eigenvalue weighted by Gasteiger charge is -2.20. The van der Waals surface area contributed by atoms with Crippen LogP contribution in [0.15, 0.2) is 30.6 Å². The standard InChI is InChI=1S/C15H15F3N2/c1-3-20-15(10-6-9(2)7-19-8-10)11-4-5-12(16)14(18)13(11)17/h4-8,15,20H,3H2,1-2H3. The molecule has 1 aromatic carbocycles. The van der Waals surface area contributed by atoms with Crippen LogP contribution in [0.5, 0.6) is 0 Å². The summed E-state index contributed by atoms with van der Waals surface area (Å²) in [7, 11) is 0. The van der Waals surface area contributed by atoms with E-state index in [9.17, 15) is 13.2 Å². The van der Waals surface area contributed by atoms with Gasteiger partial charge in [0.05, 0.1) is 6.04 Å². The molecule has 2 aromatic rings. The summed E-state index contributed by atoms with van der Waals surface area (Å²) in [4.78, 5) is 4.05. The van der Waals surface area contributed by atoms with Gasteiger partial charge < -0.3 is 5.32 Å². The fraction of sp³-hybridized carbons (Fsp3) is 0.267. The van der Waals surface area contributed by atoms with Crippen molar-refractivity contribution in [1.29, 1.82) is 0 Å². The molecule has 1 atom stereocenters. The topological polar surface area (TPSA) is 24.9 Å². The molecule has 1 heterocycles. The van der Waals surface area contributed by atoms with Crippen molar-refractivity contribution in [2.75, 3.05) is 6.54 Å². The highest BCUT2D eigenvalue weighted by Crippen LogP contribution is 2.26. The third-order valence-electron chi connectivity index (χ3n) is 3.01. The van der Waals surface area contributed by atoms with Crippen LogP contribution in [-0.2, 0) is 0 Å². The molecule has 106 valence electrons. The summed E-state index contributed by atoms with van der Waals surface area (Å²) in [5.74, 6) is -3.81. The zero-order valence-corrected chi connectivity index (χ0v) is 11.3. The number of benzene rings is 1. The molecule has 0 aliphatic carbocycles.